The first-order valence-corrected chi connectivity index (χ1v) is 6.73. The van der Waals surface area contributed by atoms with Gasteiger partial charge >= 0.3 is 0 Å². The fourth-order valence-electron chi connectivity index (χ4n) is 2.69. The Bertz CT molecular complexity index is 384. The van der Waals surface area contributed by atoms with E-state index < -0.39 is 0 Å². The van der Waals surface area contributed by atoms with Gasteiger partial charge in [0.05, 0.1) is 0 Å². The molecule has 1 aromatic carbocycles. The van der Waals surface area contributed by atoms with E-state index in [1.54, 1.807) is 12.1 Å². The Hall–Kier alpha value is -0.930. The summed E-state index contributed by atoms with van der Waals surface area (Å²) in [6.07, 6.45) is 0.795. The van der Waals surface area contributed by atoms with Gasteiger partial charge in [-0.3, -0.25) is 0 Å². The Morgan fingerprint density at radius 3 is 2.56 bits per heavy atom. The molecular formula is C15H23FN2. The Kier molecular flexibility index (Phi) is 4.36. The molecule has 0 atom stereocenters. The van der Waals surface area contributed by atoms with Crippen LogP contribution in [0, 0.1) is 11.2 Å². The zero-order valence-corrected chi connectivity index (χ0v) is 11.4. The van der Waals surface area contributed by atoms with E-state index in [0.29, 0.717) is 0 Å². The highest BCUT2D eigenvalue weighted by Crippen LogP contribution is 2.24. The van der Waals surface area contributed by atoms with E-state index in [9.17, 15) is 4.39 Å². The minimum Gasteiger partial charge on any atom is -0.314 e. The molecule has 1 aliphatic rings. The van der Waals surface area contributed by atoms with Crippen LogP contribution in [-0.4, -0.2) is 37.6 Å². The Morgan fingerprint density at radius 2 is 1.89 bits per heavy atom. The summed E-state index contributed by atoms with van der Waals surface area (Å²) in [6.45, 7) is 9.80. The molecule has 0 spiro atoms. The lowest BCUT2D eigenvalue weighted by Gasteiger charge is -2.35. The molecule has 18 heavy (non-hydrogen) atoms. The Morgan fingerprint density at radius 1 is 1.22 bits per heavy atom. The average Bonchev–Trinajstić information content (AvgIpc) is 2.32. The maximum Gasteiger partial charge on any atom is 0.126 e. The van der Waals surface area contributed by atoms with E-state index in [-0.39, 0.29) is 11.2 Å². The van der Waals surface area contributed by atoms with Gasteiger partial charge in [0.2, 0.25) is 0 Å². The summed E-state index contributed by atoms with van der Waals surface area (Å²) >= 11 is 0. The van der Waals surface area contributed by atoms with Crippen LogP contribution in [0.4, 0.5) is 4.39 Å². The smallest absolute Gasteiger partial charge is 0.126 e. The largest absolute Gasteiger partial charge is 0.314 e. The Labute approximate surface area is 109 Å². The lowest BCUT2D eigenvalue weighted by atomic mass is 9.85. The Balaban J connectivity index is 1.96. The van der Waals surface area contributed by atoms with Gasteiger partial charge in [-0.1, -0.05) is 32.0 Å². The lowest BCUT2D eigenvalue weighted by molar-refractivity contribution is 0.159. The second-order valence-corrected chi connectivity index (χ2v) is 5.96. The minimum atomic E-state index is -0.0779. The monoisotopic (exact) mass is 250 g/mol. The van der Waals surface area contributed by atoms with Crippen molar-refractivity contribution in [3.05, 3.63) is 35.6 Å². The summed E-state index contributed by atoms with van der Waals surface area (Å²) < 4.78 is 13.7. The third kappa shape index (κ3) is 3.79. The van der Waals surface area contributed by atoms with Crippen LogP contribution < -0.4 is 5.32 Å². The van der Waals surface area contributed by atoms with Gasteiger partial charge in [-0.15, -0.1) is 0 Å². The van der Waals surface area contributed by atoms with Crippen molar-refractivity contribution in [1.29, 1.82) is 0 Å². The molecule has 1 N–H and O–H groups in total. The van der Waals surface area contributed by atoms with Gasteiger partial charge in [0, 0.05) is 32.7 Å². The molecule has 1 aromatic rings. The summed E-state index contributed by atoms with van der Waals surface area (Å²) in [4.78, 5) is 2.47. The highest BCUT2D eigenvalue weighted by atomic mass is 19.1. The van der Waals surface area contributed by atoms with E-state index in [1.807, 2.05) is 12.1 Å². The highest BCUT2D eigenvalue weighted by Gasteiger charge is 2.24. The zero-order chi connectivity index (χ0) is 13.0. The molecule has 1 saturated heterocycles. The summed E-state index contributed by atoms with van der Waals surface area (Å²) in [5.41, 5.74) is 0.942. The normalized spacial score (nSPS) is 17.9. The van der Waals surface area contributed by atoms with Gasteiger partial charge in [0.25, 0.3) is 0 Å². The molecule has 1 aliphatic heterocycles. The van der Waals surface area contributed by atoms with Crippen LogP contribution in [0.3, 0.4) is 0 Å². The topological polar surface area (TPSA) is 15.3 Å². The van der Waals surface area contributed by atoms with Crippen molar-refractivity contribution in [3.8, 4) is 0 Å². The molecule has 0 unspecified atom stereocenters. The molecule has 1 fully saturated rings. The number of hydrogen-bond acceptors (Lipinski definition) is 2. The molecule has 1 heterocycles. The third-order valence-corrected chi connectivity index (χ3v) is 3.49. The second-order valence-electron chi connectivity index (χ2n) is 5.96. The van der Waals surface area contributed by atoms with Gasteiger partial charge in [0.1, 0.15) is 5.82 Å². The van der Waals surface area contributed by atoms with E-state index >= 15 is 0 Å². The molecule has 0 radical (unpaired) electrons. The van der Waals surface area contributed by atoms with Crippen molar-refractivity contribution in [2.45, 2.75) is 20.3 Å². The van der Waals surface area contributed by atoms with Crippen molar-refractivity contribution in [1.82, 2.24) is 10.2 Å². The van der Waals surface area contributed by atoms with E-state index in [4.69, 9.17) is 0 Å². The zero-order valence-electron chi connectivity index (χ0n) is 11.4. The lowest BCUT2D eigenvalue weighted by Crippen LogP contribution is -2.47. The molecule has 0 aliphatic carbocycles. The van der Waals surface area contributed by atoms with Crippen LogP contribution in [0.2, 0.25) is 0 Å². The highest BCUT2D eigenvalue weighted by molar-refractivity contribution is 5.18. The van der Waals surface area contributed by atoms with Crippen molar-refractivity contribution in [2.24, 2.45) is 5.41 Å². The van der Waals surface area contributed by atoms with Crippen molar-refractivity contribution >= 4 is 0 Å². The van der Waals surface area contributed by atoms with Crippen LogP contribution in [0.5, 0.6) is 0 Å². The van der Waals surface area contributed by atoms with Gasteiger partial charge in [-0.05, 0) is 23.5 Å². The number of rotatable bonds is 4. The molecule has 2 nitrogen and oxygen atoms in total. The minimum absolute atomic E-state index is 0.0779. The number of benzene rings is 1. The van der Waals surface area contributed by atoms with Gasteiger partial charge in [-0.2, -0.15) is 0 Å². The molecular weight excluding hydrogens is 227 g/mol. The van der Waals surface area contributed by atoms with Crippen LogP contribution >= 0.6 is 0 Å². The second kappa shape index (κ2) is 5.81. The van der Waals surface area contributed by atoms with Gasteiger partial charge in [-0.25, -0.2) is 4.39 Å². The van der Waals surface area contributed by atoms with Crippen molar-refractivity contribution < 1.29 is 4.39 Å². The molecule has 0 aromatic heterocycles. The number of hydrogen-bond donors (Lipinski definition) is 1. The maximum absolute atomic E-state index is 13.7. The van der Waals surface area contributed by atoms with E-state index in [1.165, 1.54) is 0 Å². The number of nitrogens with zero attached hydrogens (tertiary/aromatic N) is 1. The van der Waals surface area contributed by atoms with Crippen LogP contribution in [0.1, 0.15) is 19.4 Å². The summed E-state index contributed by atoms with van der Waals surface area (Å²) in [6, 6.07) is 7.12. The van der Waals surface area contributed by atoms with Crippen LogP contribution in [0.15, 0.2) is 24.3 Å². The predicted molar refractivity (Wildman–Crippen MR) is 73.2 cm³/mol. The number of piperazine rings is 1. The SMILES string of the molecule is CC(C)(Cc1ccccc1F)CN1CCNCC1. The van der Waals surface area contributed by atoms with Crippen LogP contribution in [0.25, 0.3) is 0 Å². The average molecular weight is 250 g/mol. The third-order valence-electron chi connectivity index (χ3n) is 3.49. The molecule has 0 amide bonds. The van der Waals surface area contributed by atoms with Crippen LogP contribution in [-0.2, 0) is 6.42 Å². The predicted octanol–water partition coefficient (Wildman–Crippen LogP) is 2.30. The molecule has 2 rings (SSSR count). The van der Waals surface area contributed by atoms with E-state index in [0.717, 1.165) is 44.7 Å². The van der Waals surface area contributed by atoms with E-state index in [2.05, 4.69) is 24.1 Å². The standard InChI is InChI=1S/C15H23FN2/c1-15(2,12-18-9-7-17-8-10-18)11-13-5-3-4-6-14(13)16/h3-6,17H,7-12H2,1-2H3. The molecule has 0 saturated carbocycles. The van der Waals surface area contributed by atoms with Gasteiger partial charge in [0.15, 0.2) is 0 Å². The number of halogens is 1. The summed E-state index contributed by atoms with van der Waals surface area (Å²) in [7, 11) is 0. The number of nitrogens with one attached hydrogen (secondary N) is 1. The molecule has 3 heteroatoms. The first-order valence-electron chi connectivity index (χ1n) is 6.73. The maximum atomic E-state index is 13.7. The fraction of sp³-hybridized carbons (Fsp3) is 0.600. The molecule has 100 valence electrons. The van der Waals surface area contributed by atoms with Crippen molar-refractivity contribution in [2.75, 3.05) is 32.7 Å². The molecule has 0 bridgehead atoms. The van der Waals surface area contributed by atoms with Gasteiger partial charge < -0.3 is 10.2 Å². The van der Waals surface area contributed by atoms with Crippen molar-refractivity contribution in [3.63, 3.8) is 0 Å². The quantitative estimate of drug-likeness (QED) is 0.882. The fourth-order valence-corrected chi connectivity index (χ4v) is 2.69. The summed E-state index contributed by atoms with van der Waals surface area (Å²) in [5.74, 6) is -0.0779. The first-order chi connectivity index (χ1) is 8.57. The summed E-state index contributed by atoms with van der Waals surface area (Å²) in [5, 5.41) is 3.36. The first kappa shape index (κ1) is 13.5.